The number of nitrogens with zero attached hydrogens (tertiary/aromatic N) is 2. The predicted octanol–water partition coefficient (Wildman–Crippen LogP) is 18.8. The molecular formula is C69H50N2. The van der Waals surface area contributed by atoms with Crippen molar-refractivity contribution in [3.8, 4) is 50.2 Å². The van der Waals surface area contributed by atoms with E-state index in [1.54, 1.807) is 0 Å². The summed E-state index contributed by atoms with van der Waals surface area (Å²) in [5.74, 6) is 0.468. The maximum Gasteiger partial charge on any atom is 0.0547 e. The first-order valence-electron chi connectivity index (χ1n) is 24.8. The highest BCUT2D eigenvalue weighted by Crippen LogP contribution is 2.44. The third-order valence-corrected chi connectivity index (χ3v) is 14.7. The van der Waals surface area contributed by atoms with Crippen molar-refractivity contribution < 1.29 is 0 Å². The Bertz CT molecular complexity index is 4010. The van der Waals surface area contributed by atoms with Crippen LogP contribution in [0.3, 0.4) is 0 Å². The summed E-state index contributed by atoms with van der Waals surface area (Å²) in [5.41, 5.74) is 18.0. The van der Waals surface area contributed by atoms with Gasteiger partial charge >= 0.3 is 0 Å². The van der Waals surface area contributed by atoms with Crippen LogP contribution in [0.15, 0.2) is 279 Å². The average molecular weight is 907 g/mol. The lowest BCUT2D eigenvalue weighted by atomic mass is 9.80. The number of rotatable bonds is 9. The van der Waals surface area contributed by atoms with E-state index in [0.29, 0.717) is 0 Å². The van der Waals surface area contributed by atoms with Crippen molar-refractivity contribution in [2.75, 3.05) is 4.90 Å². The first-order chi connectivity index (χ1) is 35.1. The van der Waals surface area contributed by atoms with Gasteiger partial charge in [0.15, 0.2) is 0 Å². The van der Waals surface area contributed by atoms with Gasteiger partial charge in [-0.05, 0) is 144 Å². The highest BCUT2D eigenvalue weighted by molar-refractivity contribution is 6.16. The number of fused-ring (bicyclic) bond motifs is 6. The molecule has 12 aromatic rings. The van der Waals surface area contributed by atoms with E-state index in [0.717, 1.165) is 28.3 Å². The summed E-state index contributed by atoms with van der Waals surface area (Å²) < 4.78 is 2.39. The Kier molecular flexibility index (Phi) is 10.6. The smallest absolute Gasteiger partial charge is 0.0547 e. The van der Waals surface area contributed by atoms with Crippen LogP contribution < -0.4 is 4.90 Å². The predicted molar refractivity (Wildman–Crippen MR) is 302 cm³/mol. The van der Waals surface area contributed by atoms with E-state index in [1.165, 1.54) is 87.9 Å². The number of hydrogen-bond acceptors (Lipinski definition) is 1. The number of benzene rings is 11. The molecule has 2 nitrogen and oxygen atoms in total. The van der Waals surface area contributed by atoms with E-state index < -0.39 is 0 Å². The molecule has 0 N–H and O–H groups in total. The molecule has 1 aliphatic carbocycles. The Balaban J connectivity index is 0.893. The molecule has 0 saturated heterocycles. The molecule has 1 heterocycles. The lowest BCUT2D eigenvalue weighted by Gasteiger charge is -2.32. The number of anilines is 2. The third kappa shape index (κ3) is 7.62. The van der Waals surface area contributed by atoms with E-state index in [4.69, 9.17) is 0 Å². The maximum absolute atomic E-state index is 2.47. The average Bonchev–Trinajstić information content (AvgIpc) is 3.78. The van der Waals surface area contributed by atoms with Crippen LogP contribution in [0.5, 0.6) is 0 Å². The van der Waals surface area contributed by atoms with Crippen molar-refractivity contribution in [2.45, 2.75) is 12.8 Å². The summed E-state index contributed by atoms with van der Waals surface area (Å²) in [6, 6.07) is 93.2. The van der Waals surface area contributed by atoms with Crippen LogP contribution in [0.4, 0.5) is 11.4 Å². The van der Waals surface area contributed by atoms with Crippen molar-refractivity contribution in [3.05, 3.63) is 284 Å². The molecular weight excluding hydrogens is 857 g/mol. The van der Waals surface area contributed by atoms with Gasteiger partial charge in [0.05, 0.1) is 11.0 Å². The molecule has 0 aliphatic heterocycles. The zero-order chi connectivity index (χ0) is 47.3. The first kappa shape index (κ1) is 42.1. The van der Waals surface area contributed by atoms with E-state index in [2.05, 4.69) is 289 Å². The van der Waals surface area contributed by atoms with Crippen LogP contribution in [0.25, 0.3) is 93.5 Å². The molecule has 0 fully saturated rings. The van der Waals surface area contributed by atoms with Gasteiger partial charge in [0.25, 0.3) is 0 Å². The normalized spacial score (nSPS) is 14.6. The number of para-hydroxylation sites is 2. The fourth-order valence-electron chi connectivity index (χ4n) is 11.3. The van der Waals surface area contributed by atoms with Gasteiger partial charge in [0.2, 0.25) is 0 Å². The Morgan fingerprint density at radius 3 is 1.83 bits per heavy atom. The Morgan fingerprint density at radius 2 is 0.986 bits per heavy atom. The largest absolute Gasteiger partial charge is 0.311 e. The SMILES string of the molecule is CC1C=C(N(c2ccc(-c3ccc4c(ccc5ccccc54)c3)cc2)c2cccc(-c3cccc(-c4cccc5c4c4ccccc4n5-c4ccccc4)c3)c2)C=CC1c1ccccc1-c1ccccc1. The number of aromatic nitrogens is 1. The topological polar surface area (TPSA) is 8.17 Å². The van der Waals surface area contributed by atoms with Gasteiger partial charge in [-0.25, -0.2) is 0 Å². The maximum atomic E-state index is 2.47. The molecule has 11 aromatic carbocycles. The second kappa shape index (κ2) is 17.8. The van der Waals surface area contributed by atoms with Crippen LogP contribution in [-0.4, -0.2) is 4.57 Å². The minimum Gasteiger partial charge on any atom is -0.311 e. The highest BCUT2D eigenvalue weighted by atomic mass is 15.1. The van der Waals surface area contributed by atoms with Crippen LogP contribution in [0.1, 0.15) is 18.4 Å². The molecule has 336 valence electrons. The van der Waals surface area contributed by atoms with Crippen molar-refractivity contribution >= 4 is 54.7 Å². The van der Waals surface area contributed by atoms with E-state index in [1.807, 2.05) is 0 Å². The number of hydrogen-bond donors (Lipinski definition) is 0. The van der Waals surface area contributed by atoms with Crippen molar-refractivity contribution in [1.82, 2.24) is 4.57 Å². The zero-order valence-electron chi connectivity index (χ0n) is 39.5. The summed E-state index contributed by atoms with van der Waals surface area (Å²) in [7, 11) is 0. The minimum absolute atomic E-state index is 0.227. The number of allylic oxidation sites excluding steroid dienone is 3. The van der Waals surface area contributed by atoms with Gasteiger partial charge < -0.3 is 9.47 Å². The van der Waals surface area contributed by atoms with Gasteiger partial charge in [-0.3, -0.25) is 0 Å². The van der Waals surface area contributed by atoms with Crippen molar-refractivity contribution in [3.63, 3.8) is 0 Å². The Morgan fingerprint density at radius 1 is 0.380 bits per heavy atom. The standard InChI is InChI=1S/C69H50N2/c1-47-43-59(40-42-60(47)65-28-11-10-27-62(65)49-17-4-2-5-18-49)70(57-38-35-48(36-39-57)53-37-41-63-55(45-53)34-33-50-19-8-9-26-61(50)63)58-25-15-21-52(46-58)51-20-14-22-54(44-51)64-30-16-32-68-69(64)66-29-12-13-31-67(66)71(68)56-23-6-3-7-24-56/h2-47,60H,1H3. The highest BCUT2D eigenvalue weighted by Gasteiger charge is 2.25. The lowest BCUT2D eigenvalue weighted by Crippen LogP contribution is -2.20. The second-order valence-corrected chi connectivity index (χ2v) is 18.9. The Labute approximate surface area is 415 Å². The second-order valence-electron chi connectivity index (χ2n) is 18.9. The summed E-state index contributed by atoms with van der Waals surface area (Å²) in [6.07, 6.45) is 7.23. The van der Waals surface area contributed by atoms with E-state index in [-0.39, 0.29) is 11.8 Å². The lowest BCUT2D eigenvalue weighted by molar-refractivity contribution is 0.629. The van der Waals surface area contributed by atoms with E-state index >= 15 is 0 Å². The quantitative estimate of drug-likeness (QED) is 0.131. The van der Waals surface area contributed by atoms with Gasteiger partial charge in [0.1, 0.15) is 0 Å². The fourth-order valence-corrected chi connectivity index (χ4v) is 11.3. The van der Waals surface area contributed by atoms with Crippen LogP contribution in [-0.2, 0) is 0 Å². The van der Waals surface area contributed by atoms with Crippen LogP contribution in [0, 0.1) is 5.92 Å². The molecule has 0 amide bonds. The van der Waals surface area contributed by atoms with Gasteiger partial charge in [-0.2, -0.15) is 0 Å². The molecule has 2 heteroatoms. The van der Waals surface area contributed by atoms with Gasteiger partial charge in [-0.15, -0.1) is 0 Å². The molecule has 1 aliphatic rings. The molecule has 0 radical (unpaired) electrons. The third-order valence-electron chi connectivity index (χ3n) is 14.7. The molecule has 13 rings (SSSR count). The van der Waals surface area contributed by atoms with Crippen LogP contribution in [0.2, 0.25) is 0 Å². The van der Waals surface area contributed by atoms with Crippen molar-refractivity contribution in [1.29, 1.82) is 0 Å². The summed E-state index contributed by atoms with van der Waals surface area (Å²) in [4.78, 5) is 2.44. The van der Waals surface area contributed by atoms with Crippen LogP contribution >= 0.6 is 0 Å². The zero-order valence-corrected chi connectivity index (χ0v) is 39.5. The van der Waals surface area contributed by atoms with Crippen molar-refractivity contribution in [2.24, 2.45) is 5.92 Å². The monoisotopic (exact) mass is 906 g/mol. The Hall–Kier alpha value is -8.98. The molecule has 0 bridgehead atoms. The fraction of sp³-hybridized carbons (Fsp3) is 0.0435. The molecule has 0 spiro atoms. The minimum atomic E-state index is 0.227. The molecule has 2 unspecified atom stereocenters. The first-order valence-corrected chi connectivity index (χ1v) is 24.8. The summed E-state index contributed by atoms with van der Waals surface area (Å²) >= 11 is 0. The van der Waals surface area contributed by atoms with Gasteiger partial charge in [0, 0.05) is 39.4 Å². The van der Waals surface area contributed by atoms with E-state index in [9.17, 15) is 0 Å². The molecule has 1 aromatic heterocycles. The van der Waals surface area contributed by atoms with Gasteiger partial charge in [-0.1, -0.05) is 213 Å². The molecule has 0 saturated carbocycles. The summed E-state index contributed by atoms with van der Waals surface area (Å²) in [6.45, 7) is 2.36. The molecule has 2 atom stereocenters. The molecule has 71 heavy (non-hydrogen) atoms. The summed E-state index contributed by atoms with van der Waals surface area (Å²) in [5, 5.41) is 7.59.